The van der Waals surface area contributed by atoms with E-state index < -0.39 is 53.4 Å². The first-order valence-electron chi connectivity index (χ1n) is 12.1. The van der Waals surface area contributed by atoms with Crippen molar-refractivity contribution in [3.63, 3.8) is 0 Å². The van der Waals surface area contributed by atoms with Gasteiger partial charge in [-0.05, 0) is 43.7 Å². The molecule has 8 nitrogen and oxygen atoms in total. The molecule has 3 aliphatic heterocycles. The van der Waals surface area contributed by atoms with Crippen LogP contribution in [0.3, 0.4) is 0 Å². The molecular weight excluding hydrogens is 472 g/mol. The van der Waals surface area contributed by atoms with Gasteiger partial charge in [0, 0.05) is 6.54 Å². The summed E-state index contributed by atoms with van der Waals surface area (Å²) in [5.74, 6) is -3.82. The van der Waals surface area contributed by atoms with E-state index in [0.29, 0.717) is 30.0 Å². The van der Waals surface area contributed by atoms with Gasteiger partial charge in [0.25, 0.3) is 5.91 Å². The number of carboxylic acid groups (broad SMARTS) is 1. The quantitative estimate of drug-likeness (QED) is 0.500. The van der Waals surface area contributed by atoms with E-state index in [-0.39, 0.29) is 19.1 Å². The molecule has 6 atom stereocenters. The smallest absolute Gasteiger partial charge is 0.310 e. The summed E-state index contributed by atoms with van der Waals surface area (Å²) in [5, 5.41) is 20.6. The molecule has 1 aromatic carbocycles. The number of hydrogen-bond donors (Lipinski definition) is 2. The van der Waals surface area contributed by atoms with Gasteiger partial charge < -0.3 is 24.7 Å². The number of carbonyl (C=O) groups is 3. The molecule has 3 saturated heterocycles. The van der Waals surface area contributed by atoms with Gasteiger partial charge in [-0.1, -0.05) is 43.7 Å². The molecule has 0 unspecified atom stereocenters. The lowest BCUT2D eigenvalue weighted by Crippen LogP contribution is -2.59. The van der Waals surface area contributed by atoms with Crippen LogP contribution in [-0.4, -0.2) is 69.8 Å². The molecule has 2 amide bonds. The van der Waals surface area contributed by atoms with E-state index in [2.05, 4.69) is 6.58 Å². The number of ether oxygens (including phenoxy) is 1. The van der Waals surface area contributed by atoms with Crippen molar-refractivity contribution in [2.75, 3.05) is 18.1 Å². The minimum absolute atomic E-state index is 0.135. The molecule has 0 saturated carbocycles. The van der Waals surface area contributed by atoms with Gasteiger partial charge in [0.15, 0.2) is 0 Å². The highest BCUT2D eigenvalue weighted by Crippen LogP contribution is 2.59. The third-order valence-electron chi connectivity index (χ3n) is 7.64. The van der Waals surface area contributed by atoms with Crippen LogP contribution in [0.2, 0.25) is 5.02 Å². The minimum Gasteiger partial charge on any atom is -0.481 e. The maximum Gasteiger partial charge on any atom is 0.310 e. The van der Waals surface area contributed by atoms with Gasteiger partial charge in [-0.15, -0.1) is 6.58 Å². The van der Waals surface area contributed by atoms with Crippen LogP contribution in [0.15, 0.2) is 30.9 Å². The number of aryl methyl sites for hydroxylation is 1. The average Bonchev–Trinajstić information content (AvgIpc) is 3.43. The van der Waals surface area contributed by atoms with Crippen molar-refractivity contribution in [2.45, 2.75) is 63.8 Å². The van der Waals surface area contributed by atoms with E-state index in [4.69, 9.17) is 16.3 Å². The third kappa shape index (κ3) is 3.96. The van der Waals surface area contributed by atoms with E-state index >= 15 is 0 Å². The molecule has 3 heterocycles. The number of hydrogen-bond acceptors (Lipinski definition) is 5. The Hall–Kier alpha value is -2.42. The standard InChI is InChI=1S/C26H33ClN2O6/c1-5-11-28(21-15(4)7-6-8-17(21)27)24(32)22-26-10-9-18(35-26)19(25(33)34)20(26)23(31)29(22)16(13-30)12-14(2)3/h5-8,14,16,18-20,22,30H,1,9-13H2,2-4H3,(H,33,34)/t16-,18+,19-,20-,22+,26-/m1/s1. The molecule has 0 radical (unpaired) electrons. The fraction of sp³-hybridized carbons (Fsp3) is 0.577. The Kier molecular flexibility index (Phi) is 7.01. The molecule has 0 aromatic heterocycles. The Labute approximate surface area is 210 Å². The van der Waals surface area contributed by atoms with Crippen LogP contribution < -0.4 is 4.90 Å². The maximum absolute atomic E-state index is 14.4. The first kappa shape index (κ1) is 25.7. The molecule has 35 heavy (non-hydrogen) atoms. The van der Waals surface area contributed by atoms with Crippen molar-refractivity contribution in [3.05, 3.63) is 41.4 Å². The second-order valence-electron chi connectivity index (χ2n) is 10.2. The number of fused-ring (bicyclic) bond motifs is 1. The molecule has 9 heteroatoms. The number of para-hydroxylation sites is 1. The SMILES string of the molecule is C=CCN(C(=O)[C@@H]1N([C@@H](CO)CC(C)C)C(=O)[C@H]2[C@H](C(=O)O)[C@@H]3CC[C@]12O3)c1c(C)cccc1Cl. The number of carboxylic acids is 1. The predicted molar refractivity (Wildman–Crippen MR) is 131 cm³/mol. The third-order valence-corrected chi connectivity index (χ3v) is 7.95. The number of likely N-dealkylation sites (tertiary alicyclic amines) is 1. The number of rotatable bonds is 9. The van der Waals surface area contributed by atoms with Crippen LogP contribution in [0.4, 0.5) is 5.69 Å². The Bertz CT molecular complexity index is 1020. The summed E-state index contributed by atoms with van der Waals surface area (Å²) in [6.45, 7) is 9.38. The molecule has 3 aliphatic rings. The topological polar surface area (TPSA) is 107 Å². The van der Waals surface area contributed by atoms with Crippen molar-refractivity contribution in [1.29, 1.82) is 0 Å². The van der Waals surface area contributed by atoms with Gasteiger partial charge in [-0.3, -0.25) is 14.4 Å². The van der Waals surface area contributed by atoms with Crippen LogP contribution in [0.5, 0.6) is 0 Å². The maximum atomic E-state index is 14.4. The Morgan fingerprint density at radius 1 is 1.40 bits per heavy atom. The minimum atomic E-state index is -1.26. The zero-order valence-corrected chi connectivity index (χ0v) is 21.1. The lowest BCUT2D eigenvalue weighted by molar-refractivity contribution is -0.151. The monoisotopic (exact) mass is 504 g/mol. The number of anilines is 1. The normalized spacial score (nSPS) is 30.0. The van der Waals surface area contributed by atoms with Crippen LogP contribution >= 0.6 is 11.6 Å². The highest BCUT2D eigenvalue weighted by atomic mass is 35.5. The molecule has 4 rings (SSSR count). The van der Waals surface area contributed by atoms with Crippen LogP contribution in [0.25, 0.3) is 0 Å². The zero-order valence-electron chi connectivity index (χ0n) is 20.3. The average molecular weight is 505 g/mol. The van der Waals surface area contributed by atoms with Crippen LogP contribution in [0.1, 0.15) is 38.7 Å². The van der Waals surface area contributed by atoms with Crippen molar-refractivity contribution >= 4 is 35.1 Å². The number of aliphatic hydroxyl groups is 1. The Morgan fingerprint density at radius 3 is 2.69 bits per heavy atom. The Balaban J connectivity index is 1.87. The van der Waals surface area contributed by atoms with Gasteiger partial charge in [0.05, 0.1) is 41.3 Å². The number of carbonyl (C=O) groups excluding carboxylic acids is 2. The first-order chi connectivity index (χ1) is 16.6. The van der Waals surface area contributed by atoms with Crippen LogP contribution in [-0.2, 0) is 19.1 Å². The number of aliphatic hydroxyl groups excluding tert-OH is 1. The molecule has 190 valence electrons. The van der Waals surface area contributed by atoms with Crippen LogP contribution in [0, 0.1) is 24.7 Å². The summed E-state index contributed by atoms with van der Waals surface area (Å²) in [5.41, 5.74) is 0.0255. The lowest BCUT2D eigenvalue weighted by atomic mass is 9.70. The van der Waals surface area contributed by atoms with Gasteiger partial charge in [-0.25, -0.2) is 0 Å². The van der Waals surface area contributed by atoms with Gasteiger partial charge in [-0.2, -0.15) is 0 Å². The number of benzene rings is 1. The first-order valence-corrected chi connectivity index (χ1v) is 12.5. The predicted octanol–water partition coefficient (Wildman–Crippen LogP) is 3.03. The van der Waals surface area contributed by atoms with Crippen molar-refractivity contribution < 1.29 is 29.3 Å². The zero-order chi connectivity index (χ0) is 25.7. The summed E-state index contributed by atoms with van der Waals surface area (Å²) >= 11 is 6.53. The van der Waals surface area contributed by atoms with E-state index in [9.17, 15) is 24.6 Å². The van der Waals surface area contributed by atoms with E-state index in [1.54, 1.807) is 18.2 Å². The number of amides is 2. The molecule has 1 spiro atoms. The van der Waals surface area contributed by atoms with E-state index in [0.717, 1.165) is 5.56 Å². The van der Waals surface area contributed by atoms with Gasteiger partial charge >= 0.3 is 5.97 Å². The largest absolute Gasteiger partial charge is 0.481 e. The fourth-order valence-electron chi connectivity index (χ4n) is 6.40. The van der Waals surface area contributed by atoms with Crippen molar-refractivity contribution in [2.24, 2.45) is 17.8 Å². The number of aliphatic carboxylic acids is 1. The number of halogens is 1. The molecule has 0 aliphatic carbocycles. The fourth-order valence-corrected chi connectivity index (χ4v) is 6.72. The molecule has 2 N–H and O–H groups in total. The molecule has 2 bridgehead atoms. The van der Waals surface area contributed by atoms with E-state index in [1.165, 1.54) is 9.80 Å². The second-order valence-corrected chi connectivity index (χ2v) is 10.7. The van der Waals surface area contributed by atoms with Gasteiger partial charge in [0.1, 0.15) is 11.6 Å². The highest BCUT2D eigenvalue weighted by Gasteiger charge is 2.75. The highest BCUT2D eigenvalue weighted by molar-refractivity contribution is 6.34. The molecular formula is C26H33ClN2O6. The Morgan fingerprint density at radius 2 is 2.11 bits per heavy atom. The second kappa shape index (κ2) is 9.56. The molecule has 1 aromatic rings. The van der Waals surface area contributed by atoms with Crippen molar-refractivity contribution in [3.8, 4) is 0 Å². The summed E-state index contributed by atoms with van der Waals surface area (Å²) in [6.07, 6.45) is 2.28. The number of nitrogens with zero attached hydrogens (tertiary/aromatic N) is 2. The lowest BCUT2D eigenvalue weighted by Gasteiger charge is -2.40. The van der Waals surface area contributed by atoms with Gasteiger partial charge in [0.2, 0.25) is 5.91 Å². The summed E-state index contributed by atoms with van der Waals surface area (Å²) in [6, 6.07) is 3.60. The van der Waals surface area contributed by atoms with Crippen molar-refractivity contribution in [1.82, 2.24) is 4.90 Å². The summed E-state index contributed by atoms with van der Waals surface area (Å²) < 4.78 is 6.29. The summed E-state index contributed by atoms with van der Waals surface area (Å²) in [7, 11) is 0. The van der Waals surface area contributed by atoms with E-state index in [1.807, 2.05) is 26.8 Å². The summed E-state index contributed by atoms with van der Waals surface area (Å²) in [4.78, 5) is 43.4. The molecule has 3 fully saturated rings.